The van der Waals surface area contributed by atoms with Crippen LogP contribution in [-0.4, -0.2) is 18.7 Å². The van der Waals surface area contributed by atoms with E-state index in [1.54, 1.807) is 0 Å². The molecule has 1 saturated carbocycles. The minimum absolute atomic E-state index is 0.476. The standard InChI is InChI=1S/C12H15NO/c1-13-7-4-9-8-10(2-3-11(9)13)12(14)5-6-12/h2-3,8,14H,4-7H2,1H3. The number of benzene rings is 1. The molecule has 1 aliphatic carbocycles. The number of aliphatic hydroxyl groups is 1. The highest BCUT2D eigenvalue weighted by atomic mass is 16.3. The Morgan fingerprint density at radius 3 is 2.86 bits per heavy atom. The van der Waals surface area contributed by atoms with Crippen LogP contribution in [0.3, 0.4) is 0 Å². The normalized spacial score (nSPS) is 22.3. The van der Waals surface area contributed by atoms with Gasteiger partial charge in [-0.15, -0.1) is 0 Å². The number of likely N-dealkylation sites (N-methyl/N-ethyl adjacent to an activating group) is 1. The van der Waals surface area contributed by atoms with E-state index in [9.17, 15) is 5.11 Å². The van der Waals surface area contributed by atoms with Crippen molar-refractivity contribution in [2.45, 2.75) is 24.9 Å². The zero-order valence-electron chi connectivity index (χ0n) is 8.45. The second-order valence-electron chi connectivity index (χ2n) is 4.55. The minimum atomic E-state index is -0.476. The van der Waals surface area contributed by atoms with Crippen LogP contribution in [-0.2, 0) is 12.0 Å². The van der Waals surface area contributed by atoms with E-state index in [1.807, 2.05) is 0 Å². The van der Waals surface area contributed by atoms with Gasteiger partial charge in [-0.3, -0.25) is 0 Å². The Morgan fingerprint density at radius 2 is 2.14 bits per heavy atom. The molecule has 0 unspecified atom stereocenters. The van der Waals surface area contributed by atoms with Crippen molar-refractivity contribution < 1.29 is 5.11 Å². The van der Waals surface area contributed by atoms with Gasteiger partial charge in [-0.1, -0.05) is 12.1 Å². The van der Waals surface area contributed by atoms with Crippen LogP contribution < -0.4 is 4.90 Å². The molecule has 14 heavy (non-hydrogen) atoms. The lowest BCUT2D eigenvalue weighted by atomic mass is 10.0. The van der Waals surface area contributed by atoms with E-state index in [0.717, 1.165) is 31.4 Å². The van der Waals surface area contributed by atoms with Gasteiger partial charge in [-0.2, -0.15) is 0 Å². The molecule has 1 fully saturated rings. The number of nitrogens with zero attached hydrogens (tertiary/aromatic N) is 1. The molecule has 0 bridgehead atoms. The summed E-state index contributed by atoms with van der Waals surface area (Å²) in [4.78, 5) is 2.27. The summed E-state index contributed by atoms with van der Waals surface area (Å²) >= 11 is 0. The Morgan fingerprint density at radius 1 is 1.36 bits per heavy atom. The molecule has 2 heteroatoms. The zero-order chi connectivity index (χ0) is 9.76. The van der Waals surface area contributed by atoms with Crippen molar-refractivity contribution in [1.82, 2.24) is 0 Å². The number of anilines is 1. The molecule has 1 aromatic carbocycles. The van der Waals surface area contributed by atoms with Gasteiger partial charge in [-0.25, -0.2) is 0 Å². The molecule has 1 aromatic rings. The van der Waals surface area contributed by atoms with E-state index in [-0.39, 0.29) is 0 Å². The van der Waals surface area contributed by atoms with Crippen LogP contribution in [0.4, 0.5) is 5.69 Å². The summed E-state index contributed by atoms with van der Waals surface area (Å²) in [7, 11) is 2.12. The lowest BCUT2D eigenvalue weighted by Crippen LogP contribution is -2.12. The second kappa shape index (κ2) is 2.51. The fourth-order valence-corrected chi connectivity index (χ4v) is 2.26. The molecule has 0 atom stereocenters. The predicted molar refractivity (Wildman–Crippen MR) is 56.5 cm³/mol. The van der Waals surface area contributed by atoms with Crippen LogP contribution in [0.5, 0.6) is 0 Å². The van der Waals surface area contributed by atoms with Crippen LogP contribution in [0.15, 0.2) is 18.2 Å². The van der Waals surface area contributed by atoms with Gasteiger partial charge in [0.05, 0.1) is 5.60 Å². The Hall–Kier alpha value is -1.02. The Labute approximate surface area is 84.2 Å². The van der Waals surface area contributed by atoms with Crippen molar-refractivity contribution >= 4 is 5.69 Å². The highest BCUT2D eigenvalue weighted by molar-refractivity contribution is 5.59. The van der Waals surface area contributed by atoms with Crippen molar-refractivity contribution in [1.29, 1.82) is 0 Å². The molecule has 0 amide bonds. The largest absolute Gasteiger partial charge is 0.385 e. The molecule has 3 rings (SSSR count). The molecule has 1 heterocycles. The fraction of sp³-hybridized carbons (Fsp3) is 0.500. The molecule has 1 aliphatic heterocycles. The monoisotopic (exact) mass is 189 g/mol. The van der Waals surface area contributed by atoms with E-state index in [2.05, 4.69) is 30.1 Å². The lowest BCUT2D eigenvalue weighted by molar-refractivity contribution is 0.151. The van der Waals surface area contributed by atoms with Gasteiger partial charge in [0.1, 0.15) is 0 Å². The van der Waals surface area contributed by atoms with Crippen molar-refractivity contribution in [2.75, 3.05) is 18.5 Å². The van der Waals surface area contributed by atoms with Crippen molar-refractivity contribution in [3.63, 3.8) is 0 Å². The molecule has 0 spiro atoms. The highest BCUT2D eigenvalue weighted by Gasteiger charge is 2.42. The summed E-state index contributed by atoms with van der Waals surface area (Å²) in [5.74, 6) is 0. The van der Waals surface area contributed by atoms with E-state index in [0.29, 0.717) is 0 Å². The number of hydrogen-bond donors (Lipinski definition) is 1. The first-order chi connectivity index (χ1) is 6.69. The second-order valence-corrected chi connectivity index (χ2v) is 4.55. The minimum Gasteiger partial charge on any atom is -0.385 e. The van der Waals surface area contributed by atoms with Gasteiger partial charge < -0.3 is 10.0 Å². The third-order valence-corrected chi connectivity index (χ3v) is 3.47. The molecular weight excluding hydrogens is 174 g/mol. The zero-order valence-corrected chi connectivity index (χ0v) is 8.45. The Kier molecular flexibility index (Phi) is 1.49. The smallest absolute Gasteiger partial charge is 0.0899 e. The molecule has 2 nitrogen and oxygen atoms in total. The molecule has 74 valence electrons. The predicted octanol–water partition coefficient (Wildman–Crippen LogP) is 1.66. The number of fused-ring (bicyclic) bond motifs is 1. The Bertz CT molecular complexity index is 382. The average molecular weight is 189 g/mol. The Balaban J connectivity index is 2.04. The van der Waals surface area contributed by atoms with Crippen LogP contribution in [0.2, 0.25) is 0 Å². The SMILES string of the molecule is CN1CCc2cc(C3(O)CC3)ccc21. The summed E-state index contributed by atoms with van der Waals surface area (Å²) in [5.41, 5.74) is 3.37. The number of hydrogen-bond acceptors (Lipinski definition) is 2. The number of rotatable bonds is 1. The van der Waals surface area contributed by atoms with Crippen molar-refractivity contribution in [3.05, 3.63) is 29.3 Å². The van der Waals surface area contributed by atoms with Gasteiger partial charge >= 0.3 is 0 Å². The van der Waals surface area contributed by atoms with E-state index < -0.39 is 5.60 Å². The maximum Gasteiger partial charge on any atom is 0.0899 e. The van der Waals surface area contributed by atoms with Crippen LogP contribution >= 0.6 is 0 Å². The first kappa shape index (κ1) is 8.30. The van der Waals surface area contributed by atoms with Gasteiger partial charge in [0.2, 0.25) is 0 Å². The van der Waals surface area contributed by atoms with Crippen LogP contribution in [0.25, 0.3) is 0 Å². The van der Waals surface area contributed by atoms with Crippen molar-refractivity contribution in [2.24, 2.45) is 0 Å². The third-order valence-electron chi connectivity index (χ3n) is 3.47. The summed E-state index contributed by atoms with van der Waals surface area (Å²) in [6.45, 7) is 1.11. The van der Waals surface area contributed by atoms with Gasteiger partial charge in [-0.05, 0) is 36.5 Å². The molecule has 1 N–H and O–H groups in total. The van der Waals surface area contributed by atoms with Crippen LogP contribution in [0.1, 0.15) is 24.0 Å². The summed E-state index contributed by atoms with van der Waals surface area (Å²) in [6, 6.07) is 6.41. The molecular formula is C12H15NO. The molecule has 0 radical (unpaired) electrons. The third kappa shape index (κ3) is 1.07. The van der Waals surface area contributed by atoms with E-state index >= 15 is 0 Å². The quantitative estimate of drug-likeness (QED) is 0.726. The lowest BCUT2D eigenvalue weighted by Gasteiger charge is -2.13. The average Bonchev–Trinajstić information content (AvgIpc) is 2.84. The highest BCUT2D eigenvalue weighted by Crippen LogP contribution is 2.46. The van der Waals surface area contributed by atoms with E-state index in [4.69, 9.17) is 0 Å². The summed E-state index contributed by atoms with van der Waals surface area (Å²) < 4.78 is 0. The summed E-state index contributed by atoms with van der Waals surface area (Å²) in [5, 5.41) is 9.98. The summed E-state index contributed by atoms with van der Waals surface area (Å²) in [6.07, 6.45) is 2.99. The topological polar surface area (TPSA) is 23.5 Å². The van der Waals surface area contributed by atoms with E-state index in [1.165, 1.54) is 11.3 Å². The van der Waals surface area contributed by atoms with Gasteiger partial charge in [0.15, 0.2) is 0 Å². The van der Waals surface area contributed by atoms with Gasteiger partial charge in [0, 0.05) is 19.3 Å². The molecule has 0 saturated heterocycles. The van der Waals surface area contributed by atoms with Crippen molar-refractivity contribution in [3.8, 4) is 0 Å². The van der Waals surface area contributed by atoms with Gasteiger partial charge in [0.25, 0.3) is 0 Å². The molecule has 2 aliphatic rings. The van der Waals surface area contributed by atoms with Crippen LogP contribution in [0, 0.1) is 0 Å². The maximum atomic E-state index is 9.98. The maximum absolute atomic E-state index is 9.98. The molecule has 0 aromatic heterocycles. The fourth-order valence-electron chi connectivity index (χ4n) is 2.26. The first-order valence-electron chi connectivity index (χ1n) is 5.26. The first-order valence-corrected chi connectivity index (χ1v) is 5.26.